The molecule has 0 spiro atoms. The Kier molecular flexibility index (Phi) is 9.00. The summed E-state index contributed by atoms with van der Waals surface area (Å²) in [6.07, 6.45) is 4.44. The summed E-state index contributed by atoms with van der Waals surface area (Å²) in [5.74, 6) is 1.59. The second-order valence-corrected chi connectivity index (χ2v) is 10.4. The minimum Gasteiger partial charge on any atom is -0.497 e. The topological polar surface area (TPSA) is 41.6 Å². The molecule has 0 aromatic heterocycles. The van der Waals surface area contributed by atoms with Gasteiger partial charge in [-0.2, -0.15) is 0 Å². The van der Waals surface area contributed by atoms with E-state index in [0.717, 1.165) is 42.8 Å². The van der Waals surface area contributed by atoms with E-state index in [1.165, 1.54) is 28.4 Å². The molecule has 0 aliphatic carbocycles. The summed E-state index contributed by atoms with van der Waals surface area (Å²) in [5, 5.41) is 3.03. The fourth-order valence-corrected chi connectivity index (χ4v) is 5.34. The molecular formula is C30H35BrN2O2. The Morgan fingerprint density at radius 1 is 1.03 bits per heavy atom. The molecule has 1 unspecified atom stereocenters. The maximum atomic E-state index is 12.7. The van der Waals surface area contributed by atoms with E-state index in [1.807, 2.05) is 54.6 Å². The van der Waals surface area contributed by atoms with Gasteiger partial charge in [0, 0.05) is 22.6 Å². The molecule has 0 bridgehead atoms. The standard InChI is InChI=1S/C30H35BrN2O2/c1-22(33-15-13-23(14-16-33)18-27-20-28(35-2)11-12-29(27)31)17-25-9-6-10-26(19-25)30(34)32-21-24-7-4-3-5-8-24/h3-12,19-20,22-23H,13-18,21H2,1-2H3,(H,32,34). The van der Waals surface area contributed by atoms with Crippen LogP contribution in [-0.4, -0.2) is 37.0 Å². The molecule has 3 aromatic rings. The lowest BCUT2D eigenvalue weighted by molar-refractivity contribution is 0.0950. The van der Waals surface area contributed by atoms with Gasteiger partial charge in [0.25, 0.3) is 5.91 Å². The number of nitrogens with zero attached hydrogens (tertiary/aromatic N) is 1. The van der Waals surface area contributed by atoms with Gasteiger partial charge in [-0.15, -0.1) is 0 Å². The molecule has 0 saturated carbocycles. The van der Waals surface area contributed by atoms with E-state index in [1.54, 1.807) is 7.11 Å². The quantitative estimate of drug-likeness (QED) is 0.351. The molecule has 1 aliphatic heterocycles. The number of hydrogen-bond acceptors (Lipinski definition) is 3. The van der Waals surface area contributed by atoms with Crippen molar-refractivity contribution < 1.29 is 9.53 Å². The van der Waals surface area contributed by atoms with E-state index in [4.69, 9.17) is 4.74 Å². The molecule has 1 amide bonds. The van der Waals surface area contributed by atoms with Crippen LogP contribution in [0.2, 0.25) is 0 Å². The second-order valence-electron chi connectivity index (χ2n) is 9.56. The Labute approximate surface area is 217 Å². The number of benzene rings is 3. The highest BCUT2D eigenvalue weighted by atomic mass is 79.9. The van der Waals surface area contributed by atoms with E-state index >= 15 is 0 Å². The Hall–Kier alpha value is -2.63. The van der Waals surface area contributed by atoms with Gasteiger partial charge in [-0.3, -0.25) is 4.79 Å². The van der Waals surface area contributed by atoms with E-state index < -0.39 is 0 Å². The number of carbonyl (C=O) groups is 1. The van der Waals surface area contributed by atoms with Crippen LogP contribution in [0, 0.1) is 5.92 Å². The first-order chi connectivity index (χ1) is 17.0. The number of amides is 1. The maximum absolute atomic E-state index is 12.7. The van der Waals surface area contributed by atoms with Gasteiger partial charge in [0.2, 0.25) is 0 Å². The van der Waals surface area contributed by atoms with Crippen LogP contribution in [0.15, 0.2) is 77.3 Å². The van der Waals surface area contributed by atoms with Crippen molar-refractivity contribution in [2.75, 3.05) is 20.2 Å². The largest absolute Gasteiger partial charge is 0.497 e. The monoisotopic (exact) mass is 534 g/mol. The van der Waals surface area contributed by atoms with E-state index in [-0.39, 0.29) is 5.91 Å². The lowest BCUT2D eigenvalue weighted by atomic mass is 9.89. The summed E-state index contributed by atoms with van der Waals surface area (Å²) in [4.78, 5) is 15.3. The van der Waals surface area contributed by atoms with Crippen molar-refractivity contribution in [3.05, 3.63) is 99.5 Å². The van der Waals surface area contributed by atoms with Gasteiger partial charge in [0.05, 0.1) is 7.11 Å². The number of hydrogen-bond donors (Lipinski definition) is 1. The molecule has 4 nitrogen and oxygen atoms in total. The summed E-state index contributed by atoms with van der Waals surface area (Å²) in [6.45, 7) is 5.08. The van der Waals surface area contributed by atoms with Crippen molar-refractivity contribution in [1.29, 1.82) is 0 Å². The van der Waals surface area contributed by atoms with E-state index in [9.17, 15) is 4.79 Å². The van der Waals surface area contributed by atoms with Crippen molar-refractivity contribution in [1.82, 2.24) is 10.2 Å². The Bertz CT molecular complexity index is 1110. The molecular weight excluding hydrogens is 500 g/mol. The molecule has 1 atom stereocenters. The molecule has 1 saturated heterocycles. The number of halogens is 1. The van der Waals surface area contributed by atoms with Crippen LogP contribution < -0.4 is 10.1 Å². The zero-order valence-corrected chi connectivity index (χ0v) is 22.3. The molecule has 184 valence electrons. The number of carbonyl (C=O) groups excluding carboxylic acids is 1. The third kappa shape index (κ3) is 7.18. The number of methoxy groups -OCH3 is 1. The maximum Gasteiger partial charge on any atom is 0.251 e. The van der Waals surface area contributed by atoms with Gasteiger partial charge < -0.3 is 15.0 Å². The lowest BCUT2D eigenvalue weighted by Crippen LogP contribution is -2.41. The van der Waals surface area contributed by atoms with E-state index in [2.05, 4.69) is 51.3 Å². The minimum atomic E-state index is -0.0205. The van der Waals surface area contributed by atoms with Gasteiger partial charge >= 0.3 is 0 Å². The van der Waals surface area contributed by atoms with Crippen LogP contribution in [0.5, 0.6) is 5.75 Å². The van der Waals surface area contributed by atoms with Crippen LogP contribution in [-0.2, 0) is 19.4 Å². The SMILES string of the molecule is COc1ccc(Br)c(CC2CCN(C(C)Cc3cccc(C(=O)NCc4ccccc4)c3)CC2)c1. The smallest absolute Gasteiger partial charge is 0.251 e. The first kappa shape index (κ1) is 25.5. The van der Waals surface area contributed by atoms with Gasteiger partial charge in [-0.25, -0.2) is 0 Å². The lowest BCUT2D eigenvalue weighted by Gasteiger charge is -2.36. The molecule has 3 aromatic carbocycles. The average molecular weight is 536 g/mol. The van der Waals surface area contributed by atoms with Crippen LogP contribution in [0.25, 0.3) is 0 Å². The third-order valence-electron chi connectivity index (χ3n) is 7.05. The Balaban J connectivity index is 1.27. The number of ether oxygens (including phenoxy) is 1. The van der Waals surface area contributed by atoms with Crippen LogP contribution in [0.4, 0.5) is 0 Å². The van der Waals surface area contributed by atoms with Crippen molar-refractivity contribution in [3.63, 3.8) is 0 Å². The summed E-state index contributed by atoms with van der Waals surface area (Å²) >= 11 is 3.70. The highest BCUT2D eigenvalue weighted by molar-refractivity contribution is 9.10. The normalized spacial score (nSPS) is 15.5. The number of piperidine rings is 1. The number of nitrogens with one attached hydrogen (secondary N) is 1. The summed E-state index contributed by atoms with van der Waals surface area (Å²) in [5.41, 5.74) is 4.38. The van der Waals surface area contributed by atoms with Gasteiger partial charge in [-0.05, 0) is 98.6 Å². The first-order valence-corrected chi connectivity index (χ1v) is 13.3. The van der Waals surface area contributed by atoms with Crippen molar-refractivity contribution in [2.45, 2.75) is 45.2 Å². The first-order valence-electron chi connectivity index (χ1n) is 12.5. The third-order valence-corrected chi connectivity index (χ3v) is 7.82. The number of rotatable bonds is 9. The zero-order valence-electron chi connectivity index (χ0n) is 20.7. The average Bonchev–Trinajstić information content (AvgIpc) is 2.89. The van der Waals surface area contributed by atoms with Gasteiger partial charge in [0.1, 0.15) is 5.75 Å². The van der Waals surface area contributed by atoms with Crippen molar-refractivity contribution in [3.8, 4) is 5.75 Å². The van der Waals surface area contributed by atoms with Crippen LogP contribution in [0.3, 0.4) is 0 Å². The highest BCUT2D eigenvalue weighted by Gasteiger charge is 2.24. The van der Waals surface area contributed by atoms with Gasteiger partial charge in [0.15, 0.2) is 0 Å². The van der Waals surface area contributed by atoms with E-state index in [0.29, 0.717) is 18.5 Å². The molecule has 1 fully saturated rings. The van der Waals surface area contributed by atoms with Crippen molar-refractivity contribution >= 4 is 21.8 Å². The summed E-state index contributed by atoms with van der Waals surface area (Å²) in [7, 11) is 1.72. The molecule has 35 heavy (non-hydrogen) atoms. The second kappa shape index (κ2) is 12.4. The Morgan fingerprint density at radius 2 is 1.77 bits per heavy atom. The predicted molar refractivity (Wildman–Crippen MR) is 146 cm³/mol. The predicted octanol–water partition coefficient (Wildman–Crippen LogP) is 6.27. The highest BCUT2D eigenvalue weighted by Crippen LogP contribution is 2.29. The molecule has 1 aliphatic rings. The summed E-state index contributed by atoms with van der Waals surface area (Å²) < 4.78 is 6.58. The zero-order chi connectivity index (χ0) is 24.6. The minimum absolute atomic E-state index is 0.0205. The summed E-state index contributed by atoms with van der Waals surface area (Å²) in [6, 6.07) is 24.8. The number of likely N-dealkylation sites (tertiary alicyclic amines) is 1. The fourth-order valence-electron chi connectivity index (χ4n) is 4.93. The fraction of sp³-hybridized carbons (Fsp3) is 0.367. The van der Waals surface area contributed by atoms with Crippen molar-refractivity contribution in [2.24, 2.45) is 5.92 Å². The molecule has 0 radical (unpaired) electrons. The molecule has 1 heterocycles. The molecule has 4 rings (SSSR count). The molecule has 5 heteroatoms. The van der Waals surface area contributed by atoms with Gasteiger partial charge in [-0.1, -0.05) is 58.4 Å². The Morgan fingerprint density at radius 3 is 2.51 bits per heavy atom. The van der Waals surface area contributed by atoms with Crippen LogP contribution >= 0.6 is 15.9 Å². The van der Waals surface area contributed by atoms with Crippen LogP contribution in [0.1, 0.15) is 46.8 Å². The molecule has 1 N–H and O–H groups in total.